The molecule has 2 aromatic rings. The van der Waals surface area contributed by atoms with Crippen molar-refractivity contribution in [2.75, 3.05) is 6.54 Å². The molecule has 1 aromatic carbocycles. The summed E-state index contributed by atoms with van der Waals surface area (Å²) >= 11 is 0. The van der Waals surface area contributed by atoms with E-state index in [0.29, 0.717) is 11.5 Å². The summed E-state index contributed by atoms with van der Waals surface area (Å²) < 4.78 is 1.69. The van der Waals surface area contributed by atoms with Gasteiger partial charge >= 0.3 is 0 Å². The number of nitrogens with one attached hydrogen (secondary N) is 1. The van der Waals surface area contributed by atoms with Crippen molar-refractivity contribution in [3.8, 4) is 5.69 Å². The van der Waals surface area contributed by atoms with E-state index in [1.807, 2.05) is 6.07 Å². The van der Waals surface area contributed by atoms with Crippen molar-refractivity contribution in [1.29, 1.82) is 0 Å². The molecule has 1 aliphatic carbocycles. The van der Waals surface area contributed by atoms with E-state index in [0.717, 1.165) is 18.2 Å². The van der Waals surface area contributed by atoms with Crippen molar-refractivity contribution in [2.24, 2.45) is 11.3 Å². The first-order valence-electron chi connectivity index (χ1n) is 7.67. The van der Waals surface area contributed by atoms with Gasteiger partial charge in [0.25, 0.3) is 0 Å². The highest BCUT2D eigenvalue weighted by molar-refractivity contribution is 5.35. The molecule has 1 atom stereocenters. The minimum absolute atomic E-state index is 0.331. The fraction of sp³-hybridized carbons (Fsp3) is 0.562. The lowest BCUT2D eigenvalue weighted by molar-refractivity contribution is 0.325. The quantitative estimate of drug-likeness (QED) is 0.886. The number of aromatic nitrogens is 4. The highest BCUT2D eigenvalue weighted by Crippen LogP contribution is 2.51. The van der Waals surface area contributed by atoms with Crippen LogP contribution in [0.5, 0.6) is 0 Å². The normalized spacial score (nSPS) is 17.9. The van der Waals surface area contributed by atoms with E-state index in [9.17, 15) is 0 Å². The zero-order valence-electron chi connectivity index (χ0n) is 13.0. The van der Waals surface area contributed by atoms with Gasteiger partial charge in [-0.15, -0.1) is 5.10 Å². The Morgan fingerprint density at radius 3 is 2.71 bits per heavy atom. The third-order valence-electron chi connectivity index (χ3n) is 4.86. The molecule has 5 heteroatoms. The molecule has 0 radical (unpaired) electrons. The summed E-state index contributed by atoms with van der Waals surface area (Å²) in [6.45, 7) is 7.98. The van der Waals surface area contributed by atoms with Gasteiger partial charge in [-0.3, -0.25) is 0 Å². The molecule has 1 unspecified atom stereocenters. The molecule has 5 nitrogen and oxygen atoms in total. The summed E-state index contributed by atoms with van der Waals surface area (Å²) in [6.07, 6.45) is 4.33. The first kappa shape index (κ1) is 14.2. The summed E-state index contributed by atoms with van der Waals surface area (Å²) in [4.78, 5) is 0. The largest absolute Gasteiger partial charge is 0.310 e. The van der Waals surface area contributed by atoms with Crippen LogP contribution in [0.3, 0.4) is 0 Å². The number of nitrogens with zero attached hydrogens (tertiary/aromatic N) is 4. The van der Waals surface area contributed by atoms with Crippen LogP contribution in [0.25, 0.3) is 5.69 Å². The van der Waals surface area contributed by atoms with Crippen LogP contribution < -0.4 is 5.32 Å². The highest BCUT2D eigenvalue weighted by Gasteiger charge is 2.44. The van der Waals surface area contributed by atoms with Crippen LogP contribution in [-0.4, -0.2) is 26.8 Å². The molecular formula is C16H23N5. The minimum Gasteiger partial charge on any atom is -0.310 e. The lowest BCUT2D eigenvalue weighted by atomic mass is 9.92. The SMILES string of the molecule is CC(NCC1(C(C)C)CC1)c1cccc(-n2cnnn2)c1. The molecule has 1 aromatic heterocycles. The second-order valence-corrected chi connectivity index (χ2v) is 6.47. The van der Waals surface area contributed by atoms with Gasteiger partial charge < -0.3 is 5.32 Å². The number of rotatable bonds is 6. The summed E-state index contributed by atoms with van der Waals surface area (Å²) in [7, 11) is 0. The molecule has 1 N–H and O–H groups in total. The Balaban J connectivity index is 1.68. The lowest BCUT2D eigenvalue weighted by Gasteiger charge is -2.23. The monoisotopic (exact) mass is 285 g/mol. The van der Waals surface area contributed by atoms with Gasteiger partial charge in [0.2, 0.25) is 0 Å². The van der Waals surface area contributed by atoms with E-state index in [1.165, 1.54) is 18.4 Å². The average Bonchev–Trinajstić information content (AvgIpc) is 3.09. The zero-order chi connectivity index (χ0) is 14.9. The van der Waals surface area contributed by atoms with Crippen LogP contribution >= 0.6 is 0 Å². The van der Waals surface area contributed by atoms with Gasteiger partial charge in [0.15, 0.2) is 0 Å². The van der Waals surface area contributed by atoms with E-state index in [-0.39, 0.29) is 0 Å². The zero-order valence-corrected chi connectivity index (χ0v) is 13.0. The van der Waals surface area contributed by atoms with Crippen molar-refractivity contribution in [1.82, 2.24) is 25.5 Å². The van der Waals surface area contributed by atoms with Crippen LogP contribution in [0.1, 0.15) is 45.2 Å². The Bertz CT molecular complexity index is 586. The molecule has 0 bridgehead atoms. The lowest BCUT2D eigenvalue weighted by Crippen LogP contribution is -2.29. The van der Waals surface area contributed by atoms with E-state index in [1.54, 1.807) is 11.0 Å². The molecule has 0 aliphatic heterocycles. The Morgan fingerprint density at radius 1 is 1.29 bits per heavy atom. The van der Waals surface area contributed by atoms with E-state index in [2.05, 4.69) is 59.8 Å². The number of tetrazole rings is 1. The fourth-order valence-electron chi connectivity index (χ4n) is 2.81. The van der Waals surface area contributed by atoms with Gasteiger partial charge in [-0.05, 0) is 59.2 Å². The predicted molar refractivity (Wildman–Crippen MR) is 82.1 cm³/mol. The maximum absolute atomic E-state index is 3.94. The first-order valence-corrected chi connectivity index (χ1v) is 7.67. The minimum atomic E-state index is 0.331. The van der Waals surface area contributed by atoms with Crippen molar-refractivity contribution >= 4 is 0 Å². The third kappa shape index (κ3) is 2.97. The summed E-state index contributed by atoms with van der Waals surface area (Å²) in [5.74, 6) is 0.754. The van der Waals surface area contributed by atoms with Crippen LogP contribution in [0, 0.1) is 11.3 Å². The van der Waals surface area contributed by atoms with Gasteiger partial charge in [-0.25, -0.2) is 4.68 Å². The summed E-state index contributed by atoms with van der Waals surface area (Å²) in [6, 6.07) is 8.70. The molecule has 1 fully saturated rings. The van der Waals surface area contributed by atoms with E-state index >= 15 is 0 Å². The molecule has 1 heterocycles. The second kappa shape index (κ2) is 5.56. The smallest absolute Gasteiger partial charge is 0.143 e. The van der Waals surface area contributed by atoms with E-state index in [4.69, 9.17) is 0 Å². The van der Waals surface area contributed by atoms with Gasteiger partial charge in [-0.2, -0.15) is 0 Å². The third-order valence-corrected chi connectivity index (χ3v) is 4.86. The van der Waals surface area contributed by atoms with E-state index < -0.39 is 0 Å². The Morgan fingerprint density at radius 2 is 2.10 bits per heavy atom. The standard InChI is InChI=1S/C16H23N5/c1-12(2)16(7-8-16)10-17-13(3)14-5-4-6-15(9-14)21-11-18-19-20-21/h4-6,9,11-13,17H,7-8,10H2,1-3H3. The number of hydrogen-bond acceptors (Lipinski definition) is 4. The van der Waals surface area contributed by atoms with Crippen molar-refractivity contribution in [3.05, 3.63) is 36.2 Å². The molecule has 112 valence electrons. The average molecular weight is 285 g/mol. The maximum Gasteiger partial charge on any atom is 0.143 e. The topological polar surface area (TPSA) is 55.6 Å². The van der Waals surface area contributed by atoms with Gasteiger partial charge in [0.05, 0.1) is 5.69 Å². The molecule has 21 heavy (non-hydrogen) atoms. The Kier molecular flexibility index (Phi) is 3.76. The van der Waals surface area contributed by atoms with Gasteiger partial charge in [0, 0.05) is 12.6 Å². The number of hydrogen-bond donors (Lipinski definition) is 1. The van der Waals surface area contributed by atoms with Crippen LogP contribution in [0.2, 0.25) is 0 Å². The van der Waals surface area contributed by atoms with Crippen LogP contribution in [0.15, 0.2) is 30.6 Å². The van der Waals surface area contributed by atoms with Gasteiger partial charge in [-0.1, -0.05) is 26.0 Å². The van der Waals surface area contributed by atoms with Crippen LogP contribution in [0.4, 0.5) is 0 Å². The fourth-order valence-corrected chi connectivity index (χ4v) is 2.81. The molecule has 0 saturated heterocycles. The summed E-state index contributed by atoms with van der Waals surface area (Å²) in [5.41, 5.74) is 2.79. The van der Waals surface area contributed by atoms with Crippen molar-refractivity contribution in [2.45, 2.75) is 39.7 Å². The molecular weight excluding hydrogens is 262 g/mol. The summed E-state index contributed by atoms with van der Waals surface area (Å²) in [5, 5.41) is 15.0. The highest BCUT2D eigenvalue weighted by atomic mass is 15.5. The molecule has 3 rings (SSSR count). The second-order valence-electron chi connectivity index (χ2n) is 6.47. The maximum atomic E-state index is 3.94. The molecule has 1 saturated carbocycles. The van der Waals surface area contributed by atoms with Gasteiger partial charge in [0.1, 0.15) is 6.33 Å². The molecule has 1 aliphatic rings. The molecule has 0 amide bonds. The number of benzene rings is 1. The van der Waals surface area contributed by atoms with Crippen molar-refractivity contribution in [3.63, 3.8) is 0 Å². The predicted octanol–water partition coefficient (Wildman–Crippen LogP) is 2.75. The Labute approximate surface area is 125 Å². The van der Waals surface area contributed by atoms with Crippen molar-refractivity contribution < 1.29 is 0 Å². The first-order chi connectivity index (χ1) is 10.1. The molecule has 0 spiro atoms. The Hall–Kier alpha value is -1.75. The van der Waals surface area contributed by atoms with Crippen LogP contribution in [-0.2, 0) is 0 Å².